The van der Waals surface area contributed by atoms with Crippen LogP contribution in [0.1, 0.15) is 43.0 Å². The van der Waals surface area contributed by atoms with Crippen molar-refractivity contribution in [3.8, 4) is 0 Å². The molecule has 1 atom stereocenters. The Bertz CT molecular complexity index is 572. The largest absolute Gasteiger partial charge is 0.375 e. The summed E-state index contributed by atoms with van der Waals surface area (Å²) in [6, 6.07) is 4.85. The summed E-state index contributed by atoms with van der Waals surface area (Å²) in [5.74, 6) is -0.660. The topological polar surface area (TPSA) is 32.8 Å². The van der Waals surface area contributed by atoms with E-state index in [0.29, 0.717) is 5.69 Å². The molecule has 3 rings (SSSR count). The zero-order chi connectivity index (χ0) is 16.9. The lowest BCUT2D eigenvalue weighted by Gasteiger charge is -2.27. The molecule has 0 saturated carbocycles. The zero-order valence-corrected chi connectivity index (χ0v) is 14.5. The number of nitrogens with zero attached hydrogens (tertiary/aromatic N) is 2. The molecule has 0 amide bonds. The summed E-state index contributed by atoms with van der Waals surface area (Å²) >= 11 is 0. The average Bonchev–Trinajstić information content (AvgIpc) is 3.04. The fourth-order valence-electron chi connectivity index (χ4n) is 3.74. The van der Waals surface area contributed by atoms with Crippen molar-refractivity contribution in [2.45, 2.75) is 38.7 Å². The molecule has 2 fully saturated rings. The van der Waals surface area contributed by atoms with Crippen LogP contribution < -0.4 is 4.90 Å². The van der Waals surface area contributed by atoms with E-state index in [4.69, 9.17) is 4.74 Å². The van der Waals surface area contributed by atoms with Gasteiger partial charge in [0.25, 0.3) is 0 Å². The molecule has 0 aliphatic carbocycles. The zero-order valence-electron chi connectivity index (χ0n) is 14.5. The summed E-state index contributed by atoms with van der Waals surface area (Å²) in [5.41, 5.74) is 0.899. The van der Waals surface area contributed by atoms with Crippen molar-refractivity contribution < 1.29 is 13.9 Å². The lowest BCUT2D eigenvalue weighted by atomic mass is 10.1. The molecule has 2 heterocycles. The van der Waals surface area contributed by atoms with Crippen molar-refractivity contribution in [3.63, 3.8) is 0 Å². The van der Waals surface area contributed by atoms with Gasteiger partial charge >= 0.3 is 0 Å². The van der Waals surface area contributed by atoms with E-state index in [1.807, 2.05) is 6.07 Å². The van der Waals surface area contributed by atoms with E-state index < -0.39 is 5.82 Å². The number of benzene rings is 1. The van der Waals surface area contributed by atoms with Crippen LogP contribution in [-0.2, 0) is 4.74 Å². The standard InChI is InChI=1S/C19H27FN2O2/c1-15(23)19-17(20)6-5-7-18(19)22-11-8-16(14-22)24-13-12-21-9-3-2-4-10-21/h5-7,16H,2-4,8-14H2,1H3/t16-/m1/s1. The van der Waals surface area contributed by atoms with Gasteiger partial charge in [-0.1, -0.05) is 12.5 Å². The van der Waals surface area contributed by atoms with Gasteiger partial charge in [-0.3, -0.25) is 4.79 Å². The van der Waals surface area contributed by atoms with E-state index in [1.165, 1.54) is 45.3 Å². The third kappa shape index (κ3) is 4.14. The lowest BCUT2D eigenvalue weighted by Crippen LogP contribution is -2.34. The maximum absolute atomic E-state index is 14.0. The molecule has 132 valence electrons. The third-order valence-electron chi connectivity index (χ3n) is 5.04. The minimum Gasteiger partial charge on any atom is -0.375 e. The first-order valence-corrected chi connectivity index (χ1v) is 9.03. The Morgan fingerprint density at radius 1 is 1.25 bits per heavy atom. The Morgan fingerprint density at radius 2 is 2.04 bits per heavy atom. The second-order valence-electron chi connectivity index (χ2n) is 6.82. The van der Waals surface area contributed by atoms with Gasteiger partial charge in [-0.15, -0.1) is 0 Å². The Labute approximate surface area is 143 Å². The van der Waals surface area contributed by atoms with E-state index in [-0.39, 0.29) is 17.5 Å². The highest BCUT2D eigenvalue weighted by atomic mass is 19.1. The number of ether oxygens (including phenoxy) is 1. The highest BCUT2D eigenvalue weighted by molar-refractivity contribution is 6.00. The molecule has 0 radical (unpaired) electrons. The Morgan fingerprint density at radius 3 is 2.79 bits per heavy atom. The average molecular weight is 334 g/mol. The van der Waals surface area contributed by atoms with Crippen molar-refractivity contribution in [1.29, 1.82) is 0 Å². The maximum atomic E-state index is 14.0. The van der Waals surface area contributed by atoms with Crippen LogP contribution in [0, 0.1) is 5.82 Å². The number of hydrogen-bond acceptors (Lipinski definition) is 4. The van der Waals surface area contributed by atoms with Crippen molar-refractivity contribution in [1.82, 2.24) is 4.90 Å². The molecule has 0 N–H and O–H groups in total. The van der Waals surface area contributed by atoms with E-state index >= 15 is 0 Å². The highest BCUT2D eigenvalue weighted by Crippen LogP contribution is 2.28. The SMILES string of the molecule is CC(=O)c1c(F)cccc1N1CC[C@@H](OCCN2CCCCC2)C1. The van der Waals surface area contributed by atoms with Gasteiger partial charge in [0.2, 0.25) is 0 Å². The molecular weight excluding hydrogens is 307 g/mol. The number of piperidine rings is 1. The van der Waals surface area contributed by atoms with E-state index in [2.05, 4.69) is 9.80 Å². The van der Waals surface area contributed by atoms with Crippen molar-refractivity contribution >= 4 is 11.5 Å². The van der Waals surface area contributed by atoms with E-state index in [9.17, 15) is 9.18 Å². The van der Waals surface area contributed by atoms with Crippen LogP contribution in [0.4, 0.5) is 10.1 Å². The summed E-state index contributed by atoms with van der Waals surface area (Å²) in [6.07, 6.45) is 5.03. The molecular formula is C19H27FN2O2. The fraction of sp³-hybridized carbons (Fsp3) is 0.632. The van der Waals surface area contributed by atoms with Crippen molar-refractivity contribution in [3.05, 3.63) is 29.6 Å². The van der Waals surface area contributed by atoms with E-state index in [1.54, 1.807) is 6.07 Å². The smallest absolute Gasteiger partial charge is 0.164 e. The lowest BCUT2D eigenvalue weighted by molar-refractivity contribution is 0.0467. The molecule has 0 unspecified atom stereocenters. The predicted octanol–water partition coefficient (Wildman–Crippen LogP) is 3.11. The molecule has 2 saturated heterocycles. The van der Waals surface area contributed by atoms with Gasteiger partial charge in [0.15, 0.2) is 5.78 Å². The first kappa shape index (κ1) is 17.4. The molecule has 0 aromatic heterocycles. The van der Waals surface area contributed by atoms with Crippen LogP contribution in [0.2, 0.25) is 0 Å². The number of anilines is 1. The normalized spacial score (nSPS) is 22.1. The number of carbonyl (C=O) groups excluding carboxylic acids is 1. The molecule has 1 aromatic rings. The van der Waals surface area contributed by atoms with Crippen LogP contribution in [0.15, 0.2) is 18.2 Å². The predicted molar refractivity (Wildman–Crippen MR) is 93.3 cm³/mol. The summed E-state index contributed by atoms with van der Waals surface area (Å²) in [7, 11) is 0. The second kappa shape index (κ2) is 8.08. The number of hydrogen-bond donors (Lipinski definition) is 0. The molecule has 2 aliphatic heterocycles. The van der Waals surface area contributed by atoms with Crippen LogP contribution >= 0.6 is 0 Å². The van der Waals surface area contributed by atoms with Crippen molar-refractivity contribution in [2.24, 2.45) is 0 Å². The fourth-order valence-corrected chi connectivity index (χ4v) is 3.74. The quantitative estimate of drug-likeness (QED) is 0.749. The maximum Gasteiger partial charge on any atom is 0.164 e. The summed E-state index contributed by atoms with van der Waals surface area (Å²) < 4.78 is 20.0. The number of carbonyl (C=O) groups is 1. The number of rotatable bonds is 6. The van der Waals surface area contributed by atoms with E-state index in [0.717, 1.165) is 32.7 Å². The Balaban J connectivity index is 1.52. The van der Waals surface area contributed by atoms with Gasteiger partial charge in [-0.2, -0.15) is 0 Å². The van der Waals surface area contributed by atoms with Gasteiger partial charge in [0.05, 0.1) is 24.0 Å². The third-order valence-corrected chi connectivity index (χ3v) is 5.04. The molecule has 5 heteroatoms. The Hall–Kier alpha value is -1.46. The molecule has 4 nitrogen and oxygen atoms in total. The van der Waals surface area contributed by atoms with Gasteiger partial charge < -0.3 is 14.5 Å². The first-order valence-electron chi connectivity index (χ1n) is 9.03. The summed E-state index contributed by atoms with van der Waals surface area (Å²) in [5, 5.41) is 0. The highest BCUT2D eigenvalue weighted by Gasteiger charge is 2.27. The second-order valence-corrected chi connectivity index (χ2v) is 6.82. The van der Waals surface area contributed by atoms with Crippen LogP contribution in [0.5, 0.6) is 0 Å². The van der Waals surface area contributed by atoms with Gasteiger partial charge in [0.1, 0.15) is 5.82 Å². The first-order chi connectivity index (χ1) is 11.6. The van der Waals surface area contributed by atoms with Gasteiger partial charge in [-0.05, 0) is 51.4 Å². The molecule has 0 spiro atoms. The van der Waals surface area contributed by atoms with Crippen molar-refractivity contribution in [2.75, 3.05) is 44.2 Å². The number of Topliss-reactive ketones (excluding diaryl/α,β-unsaturated/α-hetero) is 1. The summed E-state index contributed by atoms with van der Waals surface area (Å²) in [4.78, 5) is 16.3. The monoisotopic (exact) mass is 334 g/mol. The van der Waals surface area contributed by atoms with Gasteiger partial charge in [-0.25, -0.2) is 4.39 Å². The van der Waals surface area contributed by atoms with Gasteiger partial charge in [0, 0.05) is 19.6 Å². The van der Waals surface area contributed by atoms with Crippen LogP contribution in [0.3, 0.4) is 0 Å². The molecule has 1 aromatic carbocycles. The number of ketones is 1. The summed E-state index contributed by atoms with van der Waals surface area (Å²) in [6.45, 7) is 7.07. The number of likely N-dealkylation sites (tertiary alicyclic amines) is 1. The number of halogens is 1. The van der Waals surface area contributed by atoms with Crippen LogP contribution in [-0.4, -0.2) is 56.1 Å². The Kier molecular flexibility index (Phi) is 5.85. The minimum absolute atomic E-state index is 0.165. The molecule has 24 heavy (non-hydrogen) atoms. The molecule has 0 bridgehead atoms. The molecule has 2 aliphatic rings. The van der Waals surface area contributed by atoms with Crippen LogP contribution in [0.25, 0.3) is 0 Å². The minimum atomic E-state index is -0.436.